The lowest BCUT2D eigenvalue weighted by atomic mass is 10.1. The fourth-order valence-corrected chi connectivity index (χ4v) is 4.56. The van der Waals surface area contributed by atoms with Crippen LogP contribution in [0.1, 0.15) is 41.6 Å². The van der Waals surface area contributed by atoms with Gasteiger partial charge in [-0.3, -0.25) is 19.3 Å². The summed E-state index contributed by atoms with van der Waals surface area (Å²) in [5.41, 5.74) is 0.934. The van der Waals surface area contributed by atoms with Crippen LogP contribution >= 0.6 is 0 Å². The third kappa shape index (κ3) is 6.10. The molecule has 1 aliphatic rings. The van der Waals surface area contributed by atoms with Gasteiger partial charge >= 0.3 is 5.97 Å². The Bertz CT molecular complexity index is 1160. The molecule has 1 aliphatic heterocycles. The minimum atomic E-state index is -3.54. The number of fused-ring (bicyclic) bond motifs is 1. The normalized spacial score (nSPS) is 14.9. The van der Waals surface area contributed by atoms with Gasteiger partial charge in [0.05, 0.1) is 19.1 Å². The number of hydrogen-bond acceptors (Lipinski definition) is 8. The van der Waals surface area contributed by atoms with Crippen molar-refractivity contribution in [1.82, 2.24) is 4.72 Å². The van der Waals surface area contributed by atoms with Gasteiger partial charge in [-0.2, -0.15) is 0 Å². The quantitative estimate of drug-likeness (QED) is 0.302. The number of carbonyl (C=O) groups is 2. The van der Waals surface area contributed by atoms with Crippen molar-refractivity contribution in [3.8, 4) is 11.5 Å². The Hall–Kier alpha value is -3.40. The van der Waals surface area contributed by atoms with E-state index >= 15 is 0 Å². The first-order valence-corrected chi connectivity index (χ1v) is 11.9. The van der Waals surface area contributed by atoms with Crippen LogP contribution in [0.25, 0.3) is 0 Å². The maximum atomic E-state index is 12.3. The molecule has 0 spiro atoms. The molecule has 0 saturated heterocycles. The van der Waals surface area contributed by atoms with Crippen molar-refractivity contribution >= 4 is 27.6 Å². The van der Waals surface area contributed by atoms with Gasteiger partial charge in [0.1, 0.15) is 5.84 Å². The summed E-state index contributed by atoms with van der Waals surface area (Å²) in [5, 5.41) is 0. The maximum absolute atomic E-state index is 12.3. The molecule has 1 heterocycles. The van der Waals surface area contributed by atoms with Crippen LogP contribution in [0.3, 0.4) is 0 Å². The highest BCUT2D eigenvalue weighted by atomic mass is 32.2. The van der Waals surface area contributed by atoms with Crippen LogP contribution in [0.15, 0.2) is 52.4 Å². The number of rotatable bonds is 11. The average molecular weight is 475 g/mol. The predicted octanol–water partition coefficient (Wildman–Crippen LogP) is 2.73. The van der Waals surface area contributed by atoms with Gasteiger partial charge in [0.25, 0.3) is 10.0 Å². The number of sulfonamides is 1. The molecular weight excluding hydrogens is 448 g/mol. The molecule has 0 radical (unpaired) electrons. The van der Waals surface area contributed by atoms with Gasteiger partial charge in [-0.05, 0) is 43.2 Å². The zero-order chi connectivity index (χ0) is 23.8. The molecule has 33 heavy (non-hydrogen) atoms. The number of benzene rings is 2. The van der Waals surface area contributed by atoms with E-state index in [0.717, 1.165) is 0 Å². The Morgan fingerprint density at radius 2 is 1.73 bits per heavy atom. The first kappa shape index (κ1) is 24.2. The van der Waals surface area contributed by atoms with Crippen LogP contribution in [0.5, 0.6) is 11.5 Å². The van der Waals surface area contributed by atoms with Crippen molar-refractivity contribution < 1.29 is 32.2 Å². The Morgan fingerprint density at radius 3 is 2.48 bits per heavy atom. The number of unbranched alkanes of at least 4 members (excludes halogenated alkanes) is 2. The molecule has 0 fully saturated rings. The third-order valence-electron chi connectivity index (χ3n) is 5.04. The van der Waals surface area contributed by atoms with Crippen molar-refractivity contribution in [3.63, 3.8) is 0 Å². The molecule has 0 unspecified atom stereocenters. The van der Waals surface area contributed by atoms with E-state index in [1.165, 1.54) is 14.2 Å². The minimum Gasteiger partial charge on any atom is -0.493 e. The van der Waals surface area contributed by atoms with Crippen molar-refractivity contribution in [2.45, 2.75) is 30.6 Å². The number of ether oxygens (including phenoxy) is 3. The first-order chi connectivity index (χ1) is 15.9. The number of Topliss-reactive ketones (excluding diaryl/α,β-unsaturated/α-hetero) is 1. The minimum absolute atomic E-state index is 0.186. The highest BCUT2D eigenvalue weighted by molar-refractivity contribution is 7.90. The number of aliphatic imine (C=N–C) groups is 1. The van der Waals surface area contributed by atoms with Crippen molar-refractivity contribution in [2.24, 2.45) is 4.99 Å². The van der Waals surface area contributed by atoms with Crippen molar-refractivity contribution in [3.05, 3.63) is 53.6 Å². The molecule has 3 rings (SSSR count). The third-order valence-corrected chi connectivity index (χ3v) is 6.44. The zero-order valence-electron chi connectivity index (χ0n) is 18.5. The average Bonchev–Trinajstić information content (AvgIpc) is 3.09. The summed E-state index contributed by atoms with van der Waals surface area (Å²) in [6.45, 7) is 0.0839. The highest BCUT2D eigenvalue weighted by Gasteiger charge is 2.29. The van der Waals surface area contributed by atoms with Gasteiger partial charge in [-0.15, -0.1) is 0 Å². The topological polar surface area (TPSA) is 120 Å². The van der Waals surface area contributed by atoms with E-state index in [1.54, 1.807) is 42.5 Å². The Balaban J connectivity index is 1.37. The second-order valence-electron chi connectivity index (χ2n) is 7.30. The number of carbonyl (C=O) groups excluding carboxylic acids is 2. The monoisotopic (exact) mass is 474 g/mol. The molecular formula is C23H26N2O7S. The Morgan fingerprint density at radius 1 is 0.970 bits per heavy atom. The van der Waals surface area contributed by atoms with Gasteiger partial charge in [0.2, 0.25) is 0 Å². The summed E-state index contributed by atoms with van der Waals surface area (Å²) < 4.78 is 41.9. The lowest BCUT2D eigenvalue weighted by Crippen LogP contribution is -2.22. The molecule has 0 amide bonds. The van der Waals surface area contributed by atoms with E-state index in [1.807, 2.05) is 0 Å². The number of methoxy groups -OCH3 is 2. The fourth-order valence-electron chi connectivity index (χ4n) is 3.31. The molecule has 0 atom stereocenters. The van der Waals surface area contributed by atoms with Gasteiger partial charge < -0.3 is 14.2 Å². The fraction of sp³-hybridized carbons (Fsp3) is 0.348. The van der Waals surface area contributed by atoms with Crippen LogP contribution in [0.4, 0.5) is 0 Å². The smallest absolute Gasteiger partial charge is 0.306 e. The highest BCUT2D eigenvalue weighted by Crippen LogP contribution is 2.27. The predicted molar refractivity (Wildman–Crippen MR) is 121 cm³/mol. The van der Waals surface area contributed by atoms with Gasteiger partial charge in [-0.1, -0.05) is 18.6 Å². The van der Waals surface area contributed by atoms with Crippen LogP contribution < -0.4 is 14.2 Å². The van der Waals surface area contributed by atoms with Gasteiger partial charge in [0.15, 0.2) is 23.9 Å². The summed E-state index contributed by atoms with van der Waals surface area (Å²) in [5.74, 6) is 0.489. The molecule has 0 saturated carbocycles. The molecule has 0 bridgehead atoms. The second-order valence-corrected chi connectivity index (χ2v) is 8.95. The summed E-state index contributed by atoms with van der Waals surface area (Å²) in [6, 6.07) is 11.4. The summed E-state index contributed by atoms with van der Waals surface area (Å²) in [7, 11) is -0.559. The molecule has 9 nitrogen and oxygen atoms in total. The standard InChI is InChI=1S/C23H26N2O7S/c1-30-19-12-11-16(14-20(19)31-2)18(26)15-32-22(27)10-4-3-7-13-24-23-17-8-5-6-9-21(17)33(28,29)25-23/h5-6,8-9,11-12,14H,3-4,7,10,13,15H2,1-2H3,(H,24,25). The number of esters is 1. The van der Waals surface area contributed by atoms with Crippen LogP contribution in [-0.2, 0) is 19.6 Å². The molecule has 2 aromatic rings. The van der Waals surface area contributed by atoms with E-state index in [9.17, 15) is 18.0 Å². The van der Waals surface area contributed by atoms with E-state index < -0.39 is 16.0 Å². The van der Waals surface area contributed by atoms with E-state index in [2.05, 4.69) is 9.71 Å². The number of ketones is 1. The molecule has 2 aromatic carbocycles. The summed E-state index contributed by atoms with van der Waals surface area (Å²) in [6.07, 6.45) is 2.16. The largest absolute Gasteiger partial charge is 0.493 e. The Labute approximate surface area is 192 Å². The SMILES string of the molecule is COc1ccc(C(=O)COC(=O)CCCCCN=C2NS(=O)(=O)c3ccccc32)cc1OC. The number of hydrogen-bond donors (Lipinski definition) is 1. The van der Waals surface area contributed by atoms with Crippen LogP contribution in [0, 0.1) is 0 Å². The maximum Gasteiger partial charge on any atom is 0.306 e. The molecule has 1 N–H and O–H groups in total. The molecule has 0 aromatic heterocycles. The second kappa shape index (κ2) is 11.0. The molecule has 0 aliphatic carbocycles. The van der Waals surface area contributed by atoms with E-state index in [-0.39, 0.29) is 23.7 Å². The number of nitrogens with zero attached hydrogens (tertiary/aromatic N) is 1. The van der Waals surface area contributed by atoms with E-state index in [0.29, 0.717) is 54.3 Å². The lowest BCUT2D eigenvalue weighted by molar-refractivity contribution is -0.142. The van der Waals surface area contributed by atoms with Crippen LogP contribution in [-0.4, -0.2) is 53.4 Å². The first-order valence-electron chi connectivity index (χ1n) is 10.4. The molecule has 176 valence electrons. The number of amidine groups is 1. The summed E-state index contributed by atoms with van der Waals surface area (Å²) in [4.78, 5) is 28.8. The van der Waals surface area contributed by atoms with Crippen molar-refractivity contribution in [2.75, 3.05) is 27.4 Å². The Kier molecular flexibility index (Phi) is 8.05. The number of nitrogens with one attached hydrogen (secondary N) is 1. The van der Waals surface area contributed by atoms with E-state index in [4.69, 9.17) is 14.2 Å². The summed E-state index contributed by atoms with van der Waals surface area (Å²) >= 11 is 0. The van der Waals surface area contributed by atoms with Gasteiger partial charge in [0, 0.05) is 24.1 Å². The van der Waals surface area contributed by atoms with Crippen molar-refractivity contribution in [1.29, 1.82) is 0 Å². The van der Waals surface area contributed by atoms with Crippen LogP contribution in [0.2, 0.25) is 0 Å². The lowest BCUT2D eigenvalue weighted by Gasteiger charge is -2.09. The molecule has 10 heteroatoms. The zero-order valence-corrected chi connectivity index (χ0v) is 19.3. The van der Waals surface area contributed by atoms with Gasteiger partial charge in [-0.25, -0.2) is 8.42 Å².